The smallest absolute Gasteiger partial charge is 0.329 e. The van der Waals surface area contributed by atoms with Crippen LogP contribution in [0.3, 0.4) is 0 Å². The van der Waals surface area contributed by atoms with E-state index in [1.54, 1.807) is 13.0 Å². The third-order valence-electron chi connectivity index (χ3n) is 3.06. The number of aliphatic carboxylic acids is 1. The Morgan fingerprint density at radius 1 is 1.30 bits per heavy atom. The molecule has 0 aliphatic rings. The molecule has 108 valence electrons. The summed E-state index contributed by atoms with van der Waals surface area (Å²) < 4.78 is 0. The SMILES string of the molecule is CCC(C)(NC(=O)NC/C=C/c1ccccc1)C(=O)O. The summed E-state index contributed by atoms with van der Waals surface area (Å²) in [6.45, 7) is 3.53. The van der Waals surface area contributed by atoms with Gasteiger partial charge in [0.1, 0.15) is 5.54 Å². The Morgan fingerprint density at radius 3 is 2.50 bits per heavy atom. The highest BCUT2D eigenvalue weighted by molar-refractivity contribution is 5.85. The summed E-state index contributed by atoms with van der Waals surface area (Å²) in [6, 6.07) is 9.21. The number of hydrogen-bond acceptors (Lipinski definition) is 2. The molecule has 0 fully saturated rings. The molecule has 0 spiro atoms. The fourth-order valence-corrected chi connectivity index (χ4v) is 1.50. The second-order valence-corrected chi connectivity index (χ2v) is 4.64. The molecule has 1 aromatic carbocycles. The van der Waals surface area contributed by atoms with Gasteiger partial charge >= 0.3 is 12.0 Å². The molecule has 0 bridgehead atoms. The van der Waals surface area contributed by atoms with Crippen molar-refractivity contribution in [3.63, 3.8) is 0 Å². The maximum Gasteiger partial charge on any atom is 0.329 e. The average Bonchev–Trinajstić information content (AvgIpc) is 2.44. The van der Waals surface area contributed by atoms with Crippen LogP contribution in [0.15, 0.2) is 36.4 Å². The number of hydrogen-bond donors (Lipinski definition) is 3. The Labute approximate surface area is 118 Å². The molecule has 0 aliphatic heterocycles. The first-order chi connectivity index (χ1) is 9.48. The zero-order valence-electron chi connectivity index (χ0n) is 11.7. The maximum absolute atomic E-state index is 11.6. The van der Waals surface area contributed by atoms with Crippen LogP contribution >= 0.6 is 0 Å². The molecule has 5 heteroatoms. The van der Waals surface area contributed by atoms with Gasteiger partial charge in [0.25, 0.3) is 0 Å². The summed E-state index contributed by atoms with van der Waals surface area (Å²) in [5, 5.41) is 14.1. The average molecular weight is 276 g/mol. The predicted molar refractivity (Wildman–Crippen MR) is 78.3 cm³/mol. The molecule has 5 nitrogen and oxygen atoms in total. The van der Waals surface area contributed by atoms with Crippen molar-refractivity contribution in [2.45, 2.75) is 25.8 Å². The number of amides is 2. The quantitative estimate of drug-likeness (QED) is 0.745. The number of benzene rings is 1. The number of rotatable bonds is 6. The molecule has 2 amide bonds. The molecule has 0 aliphatic carbocycles. The fourth-order valence-electron chi connectivity index (χ4n) is 1.50. The van der Waals surface area contributed by atoms with Gasteiger partial charge in [-0.25, -0.2) is 9.59 Å². The molecular formula is C15H20N2O3. The van der Waals surface area contributed by atoms with Crippen molar-refractivity contribution in [3.8, 4) is 0 Å². The Bertz CT molecular complexity index is 485. The first-order valence-electron chi connectivity index (χ1n) is 6.49. The zero-order chi connectivity index (χ0) is 15.0. The minimum absolute atomic E-state index is 0.315. The lowest BCUT2D eigenvalue weighted by Gasteiger charge is -2.24. The van der Waals surface area contributed by atoms with Crippen LogP contribution in [0.4, 0.5) is 4.79 Å². The van der Waals surface area contributed by atoms with Crippen molar-refractivity contribution >= 4 is 18.1 Å². The van der Waals surface area contributed by atoms with E-state index in [4.69, 9.17) is 5.11 Å². The van der Waals surface area contributed by atoms with Gasteiger partial charge < -0.3 is 15.7 Å². The van der Waals surface area contributed by atoms with Gasteiger partial charge in [0.2, 0.25) is 0 Å². The van der Waals surface area contributed by atoms with Crippen molar-refractivity contribution in [3.05, 3.63) is 42.0 Å². The Balaban J connectivity index is 2.41. The van der Waals surface area contributed by atoms with Crippen LogP contribution in [0.1, 0.15) is 25.8 Å². The van der Waals surface area contributed by atoms with Crippen LogP contribution < -0.4 is 10.6 Å². The second-order valence-electron chi connectivity index (χ2n) is 4.64. The third-order valence-corrected chi connectivity index (χ3v) is 3.06. The lowest BCUT2D eigenvalue weighted by molar-refractivity contribution is -0.143. The topological polar surface area (TPSA) is 78.4 Å². The van der Waals surface area contributed by atoms with Crippen LogP contribution in [0.5, 0.6) is 0 Å². The van der Waals surface area contributed by atoms with Crippen molar-refractivity contribution in [2.24, 2.45) is 0 Å². The summed E-state index contributed by atoms with van der Waals surface area (Å²) in [5.41, 5.74) is -0.202. The summed E-state index contributed by atoms with van der Waals surface area (Å²) in [4.78, 5) is 22.7. The predicted octanol–water partition coefficient (Wildman–Crippen LogP) is 2.25. The fraction of sp³-hybridized carbons (Fsp3) is 0.333. The van der Waals surface area contributed by atoms with Gasteiger partial charge in [-0.3, -0.25) is 0 Å². The van der Waals surface area contributed by atoms with Crippen molar-refractivity contribution in [1.29, 1.82) is 0 Å². The van der Waals surface area contributed by atoms with E-state index in [9.17, 15) is 9.59 Å². The number of carbonyl (C=O) groups is 2. The third kappa shape index (κ3) is 4.76. The number of nitrogens with one attached hydrogen (secondary N) is 2. The van der Waals surface area contributed by atoms with Crippen LogP contribution in [0.2, 0.25) is 0 Å². The van der Waals surface area contributed by atoms with Crippen molar-refractivity contribution < 1.29 is 14.7 Å². The van der Waals surface area contributed by atoms with Gasteiger partial charge in [0.05, 0.1) is 0 Å². The highest BCUT2D eigenvalue weighted by Crippen LogP contribution is 2.08. The van der Waals surface area contributed by atoms with Gasteiger partial charge in [0.15, 0.2) is 0 Å². The van der Waals surface area contributed by atoms with Gasteiger partial charge in [-0.1, -0.05) is 49.4 Å². The van der Waals surface area contributed by atoms with Crippen LogP contribution in [-0.4, -0.2) is 29.2 Å². The Hall–Kier alpha value is -2.30. The van der Waals surface area contributed by atoms with E-state index in [-0.39, 0.29) is 0 Å². The highest BCUT2D eigenvalue weighted by atomic mass is 16.4. The summed E-state index contributed by atoms with van der Waals surface area (Å²) in [5.74, 6) is -1.05. The largest absolute Gasteiger partial charge is 0.480 e. The maximum atomic E-state index is 11.6. The van der Waals surface area contributed by atoms with Gasteiger partial charge in [-0.05, 0) is 18.9 Å². The first kappa shape index (κ1) is 15.8. The van der Waals surface area contributed by atoms with Crippen molar-refractivity contribution in [2.75, 3.05) is 6.54 Å². The summed E-state index contributed by atoms with van der Waals surface area (Å²) in [6.07, 6.45) is 4.01. The molecular weight excluding hydrogens is 256 g/mol. The van der Waals surface area contributed by atoms with E-state index in [0.29, 0.717) is 13.0 Å². The second kappa shape index (κ2) is 7.33. The van der Waals surface area contributed by atoms with E-state index < -0.39 is 17.5 Å². The van der Waals surface area contributed by atoms with E-state index in [0.717, 1.165) is 5.56 Å². The van der Waals surface area contributed by atoms with E-state index in [1.807, 2.05) is 36.4 Å². The Kier molecular flexibility index (Phi) is 5.77. The standard InChI is InChI=1S/C15H20N2O3/c1-3-15(2,13(18)19)17-14(20)16-11-7-10-12-8-5-4-6-9-12/h4-10H,3,11H2,1-2H3,(H,18,19)(H2,16,17,20)/b10-7+. The minimum Gasteiger partial charge on any atom is -0.480 e. The summed E-state index contributed by atoms with van der Waals surface area (Å²) in [7, 11) is 0. The number of carboxylic acid groups (broad SMARTS) is 1. The van der Waals surface area contributed by atoms with Crippen molar-refractivity contribution in [1.82, 2.24) is 10.6 Å². The molecule has 3 N–H and O–H groups in total. The van der Waals surface area contributed by atoms with Crippen LogP contribution in [-0.2, 0) is 4.79 Å². The zero-order valence-corrected chi connectivity index (χ0v) is 11.7. The molecule has 1 rings (SSSR count). The lowest BCUT2D eigenvalue weighted by atomic mass is 10.00. The van der Waals surface area contributed by atoms with Gasteiger partial charge in [-0.2, -0.15) is 0 Å². The molecule has 0 heterocycles. The Morgan fingerprint density at radius 2 is 1.95 bits per heavy atom. The molecule has 1 atom stereocenters. The molecule has 1 unspecified atom stereocenters. The number of carboxylic acids is 1. The summed E-state index contributed by atoms with van der Waals surface area (Å²) >= 11 is 0. The molecule has 20 heavy (non-hydrogen) atoms. The van der Waals surface area contributed by atoms with E-state index in [2.05, 4.69) is 10.6 Å². The van der Waals surface area contributed by atoms with Gasteiger partial charge in [0, 0.05) is 6.54 Å². The van der Waals surface area contributed by atoms with Crippen LogP contribution in [0.25, 0.3) is 6.08 Å². The van der Waals surface area contributed by atoms with Crippen LogP contribution in [0, 0.1) is 0 Å². The highest BCUT2D eigenvalue weighted by Gasteiger charge is 2.32. The van der Waals surface area contributed by atoms with Gasteiger partial charge in [-0.15, -0.1) is 0 Å². The molecule has 0 saturated heterocycles. The number of carbonyl (C=O) groups excluding carboxylic acids is 1. The minimum atomic E-state index is -1.24. The van der Waals surface area contributed by atoms with E-state index in [1.165, 1.54) is 6.92 Å². The molecule has 1 aromatic rings. The molecule has 0 aromatic heterocycles. The molecule has 0 saturated carbocycles. The normalized spacial score (nSPS) is 13.7. The monoisotopic (exact) mass is 276 g/mol. The van der Waals surface area contributed by atoms with E-state index >= 15 is 0 Å². The first-order valence-corrected chi connectivity index (χ1v) is 6.49. The lowest BCUT2D eigenvalue weighted by Crippen LogP contribution is -2.54. The molecule has 0 radical (unpaired) electrons. The number of urea groups is 1.